The van der Waals surface area contributed by atoms with Gasteiger partial charge in [-0.3, -0.25) is 14.8 Å². The largest absolute Gasteiger partial charge is 0.284 e. The van der Waals surface area contributed by atoms with Gasteiger partial charge >= 0.3 is 0 Å². The molecule has 0 fully saturated rings. The first-order valence-electron chi connectivity index (χ1n) is 4.28. The summed E-state index contributed by atoms with van der Waals surface area (Å²) < 4.78 is 2.17. The Balaban J connectivity index is 2.83. The van der Waals surface area contributed by atoms with E-state index in [9.17, 15) is 10.1 Å². The minimum atomic E-state index is -0.407. The summed E-state index contributed by atoms with van der Waals surface area (Å²) in [6.07, 6.45) is 0. The Labute approximate surface area is 94.0 Å². The van der Waals surface area contributed by atoms with E-state index in [1.165, 1.54) is 0 Å². The van der Waals surface area contributed by atoms with Gasteiger partial charge in [0.15, 0.2) is 0 Å². The Bertz CT molecular complexity index is 562. The summed E-state index contributed by atoms with van der Waals surface area (Å²) in [5.74, 6) is 0. The first-order valence-corrected chi connectivity index (χ1v) is 5.07. The Hall–Kier alpha value is -1.43. The monoisotopic (exact) mass is 269 g/mol. The molecule has 6 heteroatoms. The molecule has 0 atom stereocenters. The van der Waals surface area contributed by atoms with Crippen LogP contribution in [0.25, 0.3) is 10.9 Å². The molecule has 0 aliphatic carbocycles. The summed E-state index contributed by atoms with van der Waals surface area (Å²) in [5, 5.41) is 15.8. The van der Waals surface area contributed by atoms with Gasteiger partial charge < -0.3 is 0 Å². The van der Waals surface area contributed by atoms with Crippen molar-refractivity contribution in [1.29, 1.82) is 0 Å². The molecule has 2 aromatic rings. The van der Waals surface area contributed by atoms with Crippen LogP contribution in [0.4, 0.5) is 5.69 Å². The topological polar surface area (TPSA) is 61.0 Å². The van der Waals surface area contributed by atoms with E-state index in [4.69, 9.17) is 0 Å². The molecule has 0 radical (unpaired) electrons. The SMILES string of the molecule is Cc1c2cc([N+](=O)[O-])c(Br)cc2nn1C. The van der Waals surface area contributed by atoms with Gasteiger partial charge in [0.2, 0.25) is 0 Å². The fraction of sp³-hybridized carbons (Fsp3) is 0.222. The summed E-state index contributed by atoms with van der Waals surface area (Å²) in [5.41, 5.74) is 1.74. The number of nitrogens with zero attached hydrogens (tertiary/aromatic N) is 3. The van der Waals surface area contributed by atoms with Gasteiger partial charge in [-0.15, -0.1) is 0 Å². The Morgan fingerprint density at radius 1 is 1.53 bits per heavy atom. The average molecular weight is 270 g/mol. The second kappa shape index (κ2) is 3.30. The normalized spacial score (nSPS) is 10.9. The number of aromatic nitrogens is 2. The van der Waals surface area contributed by atoms with Gasteiger partial charge in [-0.05, 0) is 28.9 Å². The van der Waals surface area contributed by atoms with Crippen LogP contribution in [0, 0.1) is 17.0 Å². The van der Waals surface area contributed by atoms with Gasteiger partial charge in [-0.2, -0.15) is 5.10 Å². The van der Waals surface area contributed by atoms with E-state index in [0.29, 0.717) is 4.47 Å². The fourth-order valence-corrected chi connectivity index (χ4v) is 1.95. The highest BCUT2D eigenvalue weighted by atomic mass is 79.9. The fourth-order valence-electron chi connectivity index (χ4n) is 1.47. The molecule has 0 bridgehead atoms. The number of hydrogen-bond acceptors (Lipinski definition) is 3. The van der Waals surface area contributed by atoms with Crippen molar-refractivity contribution in [2.75, 3.05) is 0 Å². The number of nitro groups is 1. The zero-order valence-corrected chi connectivity index (χ0v) is 9.78. The summed E-state index contributed by atoms with van der Waals surface area (Å²) in [6, 6.07) is 3.21. The summed E-state index contributed by atoms with van der Waals surface area (Å²) in [6.45, 7) is 1.88. The Morgan fingerprint density at radius 3 is 2.80 bits per heavy atom. The van der Waals surface area contributed by atoms with Crippen LogP contribution in [0.3, 0.4) is 0 Å². The number of halogens is 1. The van der Waals surface area contributed by atoms with Crippen LogP contribution < -0.4 is 0 Å². The molecule has 0 N–H and O–H groups in total. The number of rotatable bonds is 1. The van der Waals surface area contributed by atoms with E-state index in [1.807, 2.05) is 14.0 Å². The highest BCUT2D eigenvalue weighted by Gasteiger charge is 2.16. The summed E-state index contributed by atoms with van der Waals surface area (Å²) in [7, 11) is 1.81. The molecule has 0 saturated carbocycles. The number of benzene rings is 1. The molecule has 0 aliphatic rings. The third kappa shape index (κ3) is 1.50. The molecular weight excluding hydrogens is 262 g/mol. The van der Waals surface area contributed by atoms with E-state index < -0.39 is 4.92 Å². The first kappa shape index (κ1) is 10.1. The van der Waals surface area contributed by atoms with Crippen LogP contribution >= 0.6 is 15.9 Å². The average Bonchev–Trinajstić information content (AvgIpc) is 2.41. The van der Waals surface area contributed by atoms with Crippen LogP contribution in [-0.2, 0) is 7.05 Å². The van der Waals surface area contributed by atoms with Crippen molar-refractivity contribution in [2.24, 2.45) is 7.05 Å². The number of nitro benzene ring substituents is 1. The minimum Gasteiger partial charge on any atom is -0.272 e. The van der Waals surface area contributed by atoms with Crippen LogP contribution in [0.2, 0.25) is 0 Å². The van der Waals surface area contributed by atoms with E-state index >= 15 is 0 Å². The van der Waals surface area contributed by atoms with Crippen molar-refractivity contribution in [1.82, 2.24) is 9.78 Å². The first-order chi connectivity index (χ1) is 7.00. The van der Waals surface area contributed by atoms with Gasteiger partial charge in [0.25, 0.3) is 5.69 Å². The Kier molecular flexibility index (Phi) is 2.22. The van der Waals surface area contributed by atoms with Gasteiger partial charge in [0.1, 0.15) is 0 Å². The van der Waals surface area contributed by atoms with Crippen molar-refractivity contribution in [2.45, 2.75) is 6.92 Å². The number of fused-ring (bicyclic) bond motifs is 1. The van der Waals surface area contributed by atoms with E-state index in [1.54, 1.807) is 16.8 Å². The van der Waals surface area contributed by atoms with Gasteiger partial charge in [0.05, 0.1) is 14.9 Å². The van der Waals surface area contributed by atoms with Crippen molar-refractivity contribution in [3.05, 3.63) is 32.4 Å². The van der Waals surface area contributed by atoms with Crippen LogP contribution in [0.1, 0.15) is 5.69 Å². The lowest BCUT2D eigenvalue weighted by Gasteiger charge is -1.95. The number of hydrogen-bond donors (Lipinski definition) is 0. The minimum absolute atomic E-state index is 0.0681. The smallest absolute Gasteiger partial charge is 0.272 e. The molecule has 15 heavy (non-hydrogen) atoms. The molecule has 2 rings (SSSR count). The molecule has 0 spiro atoms. The quantitative estimate of drug-likeness (QED) is 0.591. The lowest BCUT2D eigenvalue weighted by atomic mass is 10.2. The van der Waals surface area contributed by atoms with Crippen molar-refractivity contribution >= 4 is 32.5 Å². The highest BCUT2D eigenvalue weighted by molar-refractivity contribution is 9.10. The summed E-state index contributed by atoms with van der Waals surface area (Å²) >= 11 is 3.16. The molecule has 5 nitrogen and oxygen atoms in total. The third-order valence-corrected chi connectivity index (χ3v) is 3.03. The van der Waals surface area contributed by atoms with Gasteiger partial charge in [-0.1, -0.05) is 0 Å². The zero-order chi connectivity index (χ0) is 11.2. The molecule has 0 unspecified atom stereocenters. The predicted molar refractivity (Wildman–Crippen MR) is 59.8 cm³/mol. The molecule has 0 amide bonds. The van der Waals surface area contributed by atoms with Crippen LogP contribution in [0.15, 0.2) is 16.6 Å². The van der Waals surface area contributed by atoms with Gasteiger partial charge in [0, 0.05) is 24.2 Å². The lowest BCUT2D eigenvalue weighted by Crippen LogP contribution is -1.91. The van der Waals surface area contributed by atoms with Crippen molar-refractivity contribution in [3.8, 4) is 0 Å². The maximum absolute atomic E-state index is 10.7. The maximum atomic E-state index is 10.7. The molecule has 1 heterocycles. The van der Waals surface area contributed by atoms with E-state index in [0.717, 1.165) is 16.6 Å². The standard InChI is InChI=1S/C9H8BrN3O2/c1-5-6-3-9(13(14)15)7(10)4-8(6)11-12(5)2/h3-4H,1-2H3. The molecule has 1 aromatic carbocycles. The van der Waals surface area contributed by atoms with Crippen molar-refractivity contribution < 1.29 is 4.92 Å². The zero-order valence-electron chi connectivity index (χ0n) is 8.19. The molecule has 1 aromatic heterocycles. The molecule has 0 saturated heterocycles. The lowest BCUT2D eigenvalue weighted by molar-refractivity contribution is -0.385. The summed E-state index contributed by atoms with van der Waals surface area (Å²) in [4.78, 5) is 10.3. The highest BCUT2D eigenvalue weighted by Crippen LogP contribution is 2.30. The van der Waals surface area contributed by atoms with E-state index in [-0.39, 0.29) is 5.69 Å². The van der Waals surface area contributed by atoms with Gasteiger partial charge in [-0.25, -0.2) is 0 Å². The third-order valence-electron chi connectivity index (χ3n) is 2.39. The van der Waals surface area contributed by atoms with Crippen LogP contribution in [0.5, 0.6) is 0 Å². The number of aryl methyl sites for hydroxylation is 2. The second-order valence-corrected chi connectivity index (χ2v) is 4.14. The predicted octanol–water partition coefficient (Wildman–Crippen LogP) is 2.55. The molecule has 0 aliphatic heterocycles. The van der Waals surface area contributed by atoms with E-state index in [2.05, 4.69) is 21.0 Å². The van der Waals surface area contributed by atoms with Crippen LogP contribution in [-0.4, -0.2) is 14.7 Å². The maximum Gasteiger partial charge on any atom is 0.284 e. The second-order valence-electron chi connectivity index (χ2n) is 3.29. The molecular formula is C9H8BrN3O2. The molecule has 78 valence electrons. The Morgan fingerprint density at radius 2 is 2.20 bits per heavy atom. The van der Waals surface area contributed by atoms with Crippen molar-refractivity contribution in [3.63, 3.8) is 0 Å².